The average molecular weight is 570 g/mol. The third kappa shape index (κ3) is 11.0. The molecule has 1 aromatic carbocycles. The lowest BCUT2D eigenvalue weighted by molar-refractivity contribution is -0.193. The highest BCUT2D eigenvalue weighted by Gasteiger charge is 2.44. The number of benzene rings is 1. The minimum atomic E-state index is -5.08. The molecule has 0 aliphatic carbocycles. The van der Waals surface area contributed by atoms with Crippen molar-refractivity contribution in [3.63, 3.8) is 0 Å². The zero-order chi connectivity index (χ0) is 29.3. The minimum Gasteiger partial charge on any atom is -0.486 e. The maximum Gasteiger partial charge on any atom is 0.490 e. The molecule has 4 rings (SSSR count). The smallest absolute Gasteiger partial charge is 0.486 e. The standard InChI is InChI=1S/C20H23FN2O2.2C2HF3O2/c21-17-6-4-16(5-7-17)13-23-10-2-8-20(15-23)11-19(14-24-20)25-18-3-1-9-22-12-18;2*3-2(4,5)1(6)7/h1,3-7,9,12,19H,2,8,10-11,13-15H2;2*(H,6,7). The Hall–Kier alpha value is -3.46. The van der Waals surface area contributed by atoms with Crippen molar-refractivity contribution in [3.05, 3.63) is 60.2 Å². The molecule has 1 spiro atoms. The fourth-order valence-corrected chi connectivity index (χ4v) is 3.95. The van der Waals surface area contributed by atoms with E-state index in [2.05, 4.69) is 9.88 Å². The van der Waals surface area contributed by atoms with Gasteiger partial charge < -0.3 is 19.7 Å². The number of aromatic nitrogens is 1. The summed E-state index contributed by atoms with van der Waals surface area (Å²) >= 11 is 0. The van der Waals surface area contributed by atoms with E-state index in [1.54, 1.807) is 12.4 Å². The Labute approximate surface area is 218 Å². The van der Waals surface area contributed by atoms with Crippen LogP contribution in [0.2, 0.25) is 0 Å². The van der Waals surface area contributed by atoms with E-state index in [0.717, 1.165) is 50.2 Å². The molecule has 2 saturated heterocycles. The van der Waals surface area contributed by atoms with Crippen LogP contribution >= 0.6 is 0 Å². The molecule has 2 aromatic rings. The fraction of sp³-hybridized carbons (Fsp3) is 0.458. The number of hydrogen-bond donors (Lipinski definition) is 2. The summed E-state index contributed by atoms with van der Waals surface area (Å²) in [5.74, 6) is -4.90. The van der Waals surface area contributed by atoms with Gasteiger partial charge in [-0.15, -0.1) is 0 Å². The second-order valence-electron chi connectivity index (χ2n) is 8.67. The third-order valence-electron chi connectivity index (χ3n) is 5.54. The average Bonchev–Trinajstić information content (AvgIpc) is 3.22. The van der Waals surface area contributed by atoms with E-state index in [4.69, 9.17) is 29.3 Å². The number of carbonyl (C=O) groups is 2. The summed E-state index contributed by atoms with van der Waals surface area (Å²) in [5.41, 5.74) is 1.02. The fourth-order valence-electron chi connectivity index (χ4n) is 3.95. The van der Waals surface area contributed by atoms with Gasteiger partial charge >= 0.3 is 24.3 Å². The molecule has 2 unspecified atom stereocenters. The maximum absolute atomic E-state index is 13.1. The van der Waals surface area contributed by atoms with Crippen molar-refractivity contribution in [1.82, 2.24) is 9.88 Å². The summed E-state index contributed by atoms with van der Waals surface area (Å²) in [6.45, 7) is 3.41. The highest BCUT2D eigenvalue weighted by atomic mass is 19.4. The van der Waals surface area contributed by atoms with Crippen molar-refractivity contribution in [1.29, 1.82) is 0 Å². The van der Waals surface area contributed by atoms with Crippen LogP contribution in [-0.2, 0) is 20.9 Å². The van der Waals surface area contributed by atoms with Gasteiger partial charge in [-0.2, -0.15) is 26.3 Å². The zero-order valence-electron chi connectivity index (χ0n) is 20.2. The Kier molecular flexibility index (Phi) is 11.0. The molecule has 0 bridgehead atoms. The molecule has 2 aliphatic heterocycles. The quantitative estimate of drug-likeness (QED) is 0.510. The van der Waals surface area contributed by atoms with E-state index < -0.39 is 24.3 Å². The molecule has 216 valence electrons. The predicted molar refractivity (Wildman–Crippen MR) is 120 cm³/mol. The summed E-state index contributed by atoms with van der Waals surface area (Å²) < 4.78 is 88.8. The molecule has 0 amide bonds. The van der Waals surface area contributed by atoms with Crippen LogP contribution in [0.25, 0.3) is 0 Å². The lowest BCUT2D eigenvalue weighted by Gasteiger charge is -2.39. The first-order valence-electron chi connectivity index (χ1n) is 11.4. The molecule has 2 N–H and O–H groups in total. The van der Waals surface area contributed by atoms with E-state index in [0.29, 0.717) is 6.61 Å². The number of carboxylic acid groups (broad SMARTS) is 2. The van der Waals surface area contributed by atoms with Gasteiger partial charge in [0.25, 0.3) is 0 Å². The van der Waals surface area contributed by atoms with Crippen molar-refractivity contribution in [3.8, 4) is 5.75 Å². The number of aliphatic carboxylic acids is 2. The van der Waals surface area contributed by atoms with Crippen molar-refractivity contribution >= 4 is 11.9 Å². The first-order chi connectivity index (χ1) is 18.1. The highest BCUT2D eigenvalue weighted by molar-refractivity contribution is 5.73. The summed E-state index contributed by atoms with van der Waals surface area (Å²) in [4.78, 5) is 24.3. The van der Waals surface area contributed by atoms with Crippen LogP contribution in [0.15, 0.2) is 48.8 Å². The molecule has 39 heavy (non-hydrogen) atoms. The molecule has 8 nitrogen and oxygen atoms in total. The van der Waals surface area contributed by atoms with Crippen LogP contribution in [-0.4, -0.2) is 75.8 Å². The van der Waals surface area contributed by atoms with Gasteiger partial charge in [-0.3, -0.25) is 9.88 Å². The molecule has 1 aromatic heterocycles. The lowest BCUT2D eigenvalue weighted by atomic mass is 9.89. The number of hydrogen-bond acceptors (Lipinski definition) is 6. The number of rotatable bonds is 4. The molecule has 2 atom stereocenters. The van der Waals surface area contributed by atoms with Crippen LogP contribution in [0.4, 0.5) is 30.7 Å². The number of pyridine rings is 1. The summed E-state index contributed by atoms with van der Waals surface area (Å²) in [7, 11) is 0. The number of carboxylic acids is 2. The van der Waals surface area contributed by atoms with E-state index in [-0.39, 0.29) is 17.5 Å². The minimum absolute atomic E-state index is 0.0787. The van der Waals surface area contributed by atoms with Gasteiger partial charge in [0, 0.05) is 25.7 Å². The summed E-state index contributed by atoms with van der Waals surface area (Å²) in [5, 5.41) is 14.2. The van der Waals surface area contributed by atoms with Crippen molar-refractivity contribution in [2.24, 2.45) is 0 Å². The Morgan fingerprint density at radius 2 is 1.64 bits per heavy atom. The Bertz CT molecular complexity index is 1040. The van der Waals surface area contributed by atoms with E-state index >= 15 is 0 Å². The van der Waals surface area contributed by atoms with E-state index in [1.165, 1.54) is 12.1 Å². The molecule has 0 radical (unpaired) electrons. The van der Waals surface area contributed by atoms with Crippen LogP contribution in [0.1, 0.15) is 24.8 Å². The molecular formula is C24H25F7N2O6. The highest BCUT2D eigenvalue weighted by Crippen LogP contribution is 2.36. The van der Waals surface area contributed by atoms with Gasteiger partial charge in [-0.05, 0) is 49.2 Å². The SMILES string of the molecule is Fc1ccc(CN2CCCC3(CC(Oc4cccnc4)CO3)C2)cc1.O=C(O)C(F)(F)F.O=C(O)C(F)(F)F. The van der Waals surface area contributed by atoms with Gasteiger partial charge in [-0.25, -0.2) is 14.0 Å². The largest absolute Gasteiger partial charge is 0.490 e. The van der Waals surface area contributed by atoms with Crippen LogP contribution in [0, 0.1) is 5.82 Å². The van der Waals surface area contributed by atoms with Gasteiger partial charge in [0.15, 0.2) is 0 Å². The van der Waals surface area contributed by atoms with Crippen molar-refractivity contribution < 1.29 is 60.0 Å². The van der Waals surface area contributed by atoms with Gasteiger partial charge in [-0.1, -0.05) is 12.1 Å². The number of ether oxygens (including phenoxy) is 2. The second-order valence-corrected chi connectivity index (χ2v) is 8.67. The molecule has 0 saturated carbocycles. The Morgan fingerprint density at radius 3 is 2.15 bits per heavy atom. The van der Waals surface area contributed by atoms with Crippen molar-refractivity contribution in [2.75, 3.05) is 19.7 Å². The Balaban J connectivity index is 0.000000317. The summed E-state index contributed by atoms with van der Waals surface area (Å²) in [6, 6.07) is 10.6. The molecule has 2 fully saturated rings. The normalized spacial score (nSPS) is 21.3. The van der Waals surface area contributed by atoms with E-state index in [1.807, 2.05) is 24.3 Å². The summed E-state index contributed by atoms with van der Waals surface area (Å²) in [6.07, 6.45) is -3.52. The number of nitrogens with zero attached hydrogens (tertiary/aromatic N) is 2. The van der Waals surface area contributed by atoms with Gasteiger partial charge in [0.2, 0.25) is 0 Å². The number of alkyl halides is 6. The van der Waals surface area contributed by atoms with Crippen LogP contribution in [0.5, 0.6) is 5.75 Å². The molecular weight excluding hydrogens is 545 g/mol. The first kappa shape index (κ1) is 31.8. The second kappa shape index (κ2) is 13.6. The third-order valence-corrected chi connectivity index (χ3v) is 5.54. The maximum atomic E-state index is 13.1. The number of piperidine rings is 1. The van der Waals surface area contributed by atoms with Gasteiger partial charge in [0.05, 0.1) is 18.4 Å². The number of halogens is 7. The van der Waals surface area contributed by atoms with Crippen molar-refractivity contribution in [2.45, 2.75) is 49.9 Å². The number of likely N-dealkylation sites (tertiary alicyclic amines) is 1. The van der Waals surface area contributed by atoms with E-state index in [9.17, 15) is 30.7 Å². The van der Waals surface area contributed by atoms with Gasteiger partial charge in [0.1, 0.15) is 17.7 Å². The van der Waals surface area contributed by atoms with Crippen LogP contribution < -0.4 is 4.74 Å². The topological polar surface area (TPSA) is 109 Å². The Morgan fingerprint density at radius 1 is 1.05 bits per heavy atom. The molecule has 2 aliphatic rings. The first-order valence-corrected chi connectivity index (χ1v) is 11.4. The predicted octanol–water partition coefficient (Wildman–Crippen LogP) is 4.69. The zero-order valence-corrected chi connectivity index (χ0v) is 20.2. The molecule has 3 heterocycles. The monoisotopic (exact) mass is 570 g/mol. The van der Waals surface area contributed by atoms with Crippen LogP contribution in [0.3, 0.4) is 0 Å². The lowest BCUT2D eigenvalue weighted by Crippen LogP contribution is -2.47. The molecule has 15 heteroatoms.